The van der Waals surface area contributed by atoms with Crippen LogP contribution < -0.4 is 5.32 Å². The third-order valence-electron chi connectivity index (χ3n) is 5.00. The summed E-state index contributed by atoms with van der Waals surface area (Å²) in [6, 6.07) is 11.4. The van der Waals surface area contributed by atoms with Gasteiger partial charge in [-0.2, -0.15) is 0 Å². The minimum absolute atomic E-state index is 0.0649. The number of phenolic OH excluding ortho intramolecular Hbond substituents is 1. The van der Waals surface area contributed by atoms with Crippen LogP contribution in [0.15, 0.2) is 48.8 Å². The van der Waals surface area contributed by atoms with Gasteiger partial charge in [-0.15, -0.1) is 0 Å². The zero-order chi connectivity index (χ0) is 19.8. The second kappa shape index (κ2) is 10.1. The monoisotopic (exact) mass is 369 g/mol. The fraction of sp³-hybridized carbons (Fsp3) is 0.455. The third-order valence-corrected chi connectivity index (χ3v) is 5.00. The van der Waals surface area contributed by atoms with Gasteiger partial charge in [0.05, 0.1) is 0 Å². The number of amides is 1. The van der Waals surface area contributed by atoms with Gasteiger partial charge in [-0.3, -0.25) is 9.78 Å². The van der Waals surface area contributed by atoms with Gasteiger partial charge in [-0.25, -0.2) is 0 Å². The number of phenols is 1. The van der Waals surface area contributed by atoms with Crippen molar-refractivity contribution < 1.29 is 9.90 Å². The van der Waals surface area contributed by atoms with E-state index >= 15 is 0 Å². The zero-order valence-corrected chi connectivity index (χ0v) is 16.7. The summed E-state index contributed by atoms with van der Waals surface area (Å²) in [6.07, 6.45) is 4.88. The molecular weight excluding hydrogens is 338 g/mol. The molecule has 0 aliphatic rings. The van der Waals surface area contributed by atoms with E-state index in [2.05, 4.69) is 29.0 Å². The third kappa shape index (κ3) is 6.68. The second-order valence-corrected chi connectivity index (χ2v) is 7.63. The highest BCUT2D eigenvalue weighted by atomic mass is 16.3. The van der Waals surface area contributed by atoms with Crippen LogP contribution in [0.5, 0.6) is 5.75 Å². The molecule has 1 amide bonds. The van der Waals surface area contributed by atoms with E-state index in [0.717, 1.165) is 17.5 Å². The molecule has 27 heavy (non-hydrogen) atoms. The summed E-state index contributed by atoms with van der Waals surface area (Å²) < 4.78 is 0. The summed E-state index contributed by atoms with van der Waals surface area (Å²) in [5.41, 5.74) is 2.24. The van der Waals surface area contributed by atoms with Crippen LogP contribution in [-0.2, 0) is 11.2 Å². The Hall–Kier alpha value is -2.40. The molecule has 1 aromatic heterocycles. The highest BCUT2D eigenvalue weighted by molar-refractivity contribution is 5.77. The maximum atomic E-state index is 12.6. The summed E-state index contributed by atoms with van der Waals surface area (Å²) >= 11 is 0. The molecule has 1 aromatic carbocycles. The van der Waals surface area contributed by atoms with Gasteiger partial charge in [0.25, 0.3) is 0 Å². The molecule has 0 spiro atoms. The van der Waals surface area contributed by atoms with Crippen molar-refractivity contribution in [3.63, 3.8) is 0 Å². The van der Waals surface area contributed by atoms with Crippen molar-refractivity contribution in [2.45, 2.75) is 38.6 Å². The molecule has 146 valence electrons. The Kier molecular flexibility index (Phi) is 7.80. The average molecular weight is 370 g/mol. The van der Waals surface area contributed by atoms with Gasteiger partial charge >= 0.3 is 0 Å². The first-order valence-corrected chi connectivity index (χ1v) is 9.47. The Labute approximate surface area is 162 Å². The number of nitrogens with one attached hydrogen (secondary N) is 1. The summed E-state index contributed by atoms with van der Waals surface area (Å²) in [6.45, 7) is 4.86. The van der Waals surface area contributed by atoms with Crippen molar-refractivity contribution in [1.82, 2.24) is 15.2 Å². The molecule has 0 aliphatic carbocycles. The Morgan fingerprint density at radius 2 is 1.89 bits per heavy atom. The number of benzene rings is 1. The fourth-order valence-corrected chi connectivity index (χ4v) is 3.18. The summed E-state index contributed by atoms with van der Waals surface area (Å²) in [4.78, 5) is 18.9. The first kappa shape index (κ1) is 20.9. The second-order valence-electron chi connectivity index (χ2n) is 7.63. The van der Waals surface area contributed by atoms with Crippen LogP contribution in [0.4, 0.5) is 0 Å². The Balaban J connectivity index is 1.93. The minimum atomic E-state index is 0.0649. The molecule has 0 aliphatic heterocycles. The number of likely N-dealkylation sites (N-methyl/N-ethyl adjacent to an activating group) is 1. The van der Waals surface area contributed by atoms with Gasteiger partial charge in [0.1, 0.15) is 5.75 Å². The molecule has 2 N–H and O–H groups in total. The zero-order valence-electron chi connectivity index (χ0n) is 16.7. The van der Waals surface area contributed by atoms with Gasteiger partial charge in [0.2, 0.25) is 5.91 Å². The standard InChI is InChI=1S/C22H31N3O2/c1-16(2)21(18-6-5-11-23-14-18)13-22(27)24-15-19(25(3)4)12-17-7-9-20(26)10-8-17/h5-11,14,16,19,21,26H,12-13,15H2,1-4H3,(H,24,27)/t19-,21+/m0/s1. The van der Waals surface area contributed by atoms with Gasteiger partial charge in [-0.05, 0) is 61.7 Å². The van der Waals surface area contributed by atoms with Crippen LogP contribution in [0.25, 0.3) is 0 Å². The van der Waals surface area contributed by atoms with E-state index in [1.54, 1.807) is 18.3 Å². The number of nitrogens with zero attached hydrogens (tertiary/aromatic N) is 2. The largest absolute Gasteiger partial charge is 0.508 e. The number of pyridine rings is 1. The molecule has 1 heterocycles. The van der Waals surface area contributed by atoms with E-state index in [4.69, 9.17) is 0 Å². The summed E-state index contributed by atoms with van der Waals surface area (Å²) in [5, 5.41) is 12.5. The molecule has 5 heteroatoms. The molecule has 0 saturated heterocycles. The fourth-order valence-electron chi connectivity index (χ4n) is 3.18. The van der Waals surface area contributed by atoms with E-state index in [1.807, 2.05) is 44.6 Å². The van der Waals surface area contributed by atoms with Crippen molar-refractivity contribution in [2.24, 2.45) is 5.92 Å². The maximum absolute atomic E-state index is 12.6. The molecular formula is C22H31N3O2. The van der Waals surface area contributed by atoms with Gasteiger partial charge < -0.3 is 15.3 Å². The molecule has 2 rings (SSSR count). The Bertz CT molecular complexity index is 699. The lowest BCUT2D eigenvalue weighted by atomic mass is 9.86. The van der Waals surface area contributed by atoms with E-state index in [-0.39, 0.29) is 23.6 Å². The molecule has 2 aromatic rings. The molecule has 0 radical (unpaired) electrons. The van der Waals surface area contributed by atoms with E-state index in [1.165, 1.54) is 0 Å². The lowest BCUT2D eigenvalue weighted by Crippen LogP contribution is -2.42. The highest BCUT2D eigenvalue weighted by Crippen LogP contribution is 2.27. The summed E-state index contributed by atoms with van der Waals surface area (Å²) in [5.74, 6) is 0.855. The quantitative estimate of drug-likeness (QED) is 0.712. The van der Waals surface area contributed by atoms with Crippen LogP contribution in [0.3, 0.4) is 0 Å². The van der Waals surface area contributed by atoms with Crippen LogP contribution in [-0.4, -0.2) is 47.6 Å². The number of carbonyl (C=O) groups is 1. The van der Waals surface area contributed by atoms with Crippen LogP contribution in [0.2, 0.25) is 0 Å². The molecule has 2 atom stereocenters. The van der Waals surface area contributed by atoms with Gasteiger partial charge in [-0.1, -0.05) is 32.0 Å². The Morgan fingerprint density at radius 1 is 1.19 bits per heavy atom. The maximum Gasteiger partial charge on any atom is 0.220 e. The van der Waals surface area contributed by atoms with Crippen molar-refractivity contribution in [3.05, 3.63) is 59.9 Å². The summed E-state index contributed by atoms with van der Waals surface area (Å²) in [7, 11) is 4.04. The number of hydrogen-bond acceptors (Lipinski definition) is 4. The van der Waals surface area contributed by atoms with Crippen molar-refractivity contribution in [2.75, 3.05) is 20.6 Å². The number of hydrogen-bond donors (Lipinski definition) is 2. The van der Waals surface area contributed by atoms with E-state index < -0.39 is 0 Å². The normalized spacial score (nSPS) is 13.6. The predicted molar refractivity (Wildman–Crippen MR) is 109 cm³/mol. The van der Waals surface area contributed by atoms with Crippen molar-refractivity contribution in [3.8, 4) is 5.75 Å². The van der Waals surface area contributed by atoms with Crippen LogP contribution in [0, 0.1) is 5.92 Å². The molecule has 0 saturated carbocycles. The number of carbonyl (C=O) groups excluding carboxylic acids is 1. The van der Waals surface area contributed by atoms with Gasteiger partial charge in [0.15, 0.2) is 0 Å². The van der Waals surface area contributed by atoms with Crippen molar-refractivity contribution in [1.29, 1.82) is 0 Å². The molecule has 0 fully saturated rings. The van der Waals surface area contributed by atoms with Crippen LogP contribution in [0.1, 0.15) is 37.3 Å². The lowest BCUT2D eigenvalue weighted by Gasteiger charge is -2.26. The topological polar surface area (TPSA) is 65.5 Å². The molecule has 5 nitrogen and oxygen atoms in total. The predicted octanol–water partition coefficient (Wildman–Crippen LogP) is 3.21. The first-order valence-electron chi connectivity index (χ1n) is 9.47. The van der Waals surface area contributed by atoms with Crippen LogP contribution >= 0.6 is 0 Å². The van der Waals surface area contributed by atoms with Crippen molar-refractivity contribution >= 4 is 5.91 Å². The Morgan fingerprint density at radius 3 is 2.44 bits per heavy atom. The van der Waals surface area contributed by atoms with Gasteiger partial charge in [0, 0.05) is 31.4 Å². The number of aromatic nitrogens is 1. The molecule has 0 unspecified atom stereocenters. The number of rotatable bonds is 9. The highest BCUT2D eigenvalue weighted by Gasteiger charge is 2.21. The first-order chi connectivity index (χ1) is 12.9. The van der Waals surface area contributed by atoms with E-state index in [9.17, 15) is 9.90 Å². The van der Waals surface area contributed by atoms with E-state index in [0.29, 0.717) is 18.9 Å². The minimum Gasteiger partial charge on any atom is -0.508 e. The SMILES string of the molecule is CC(C)[C@@H](CC(=O)NC[C@H](Cc1ccc(O)cc1)N(C)C)c1cccnc1. The smallest absolute Gasteiger partial charge is 0.220 e. The molecule has 0 bridgehead atoms. The average Bonchev–Trinajstić information content (AvgIpc) is 2.65. The lowest BCUT2D eigenvalue weighted by molar-refractivity contribution is -0.121. The number of aromatic hydroxyl groups is 1.